The molecule has 0 aliphatic carbocycles. The summed E-state index contributed by atoms with van der Waals surface area (Å²) in [6.07, 6.45) is 0.998. The van der Waals surface area contributed by atoms with E-state index in [-0.39, 0.29) is 5.91 Å². The lowest BCUT2D eigenvalue weighted by molar-refractivity contribution is 0.0760. The molecule has 1 amide bonds. The number of pyridine rings is 1. The largest absolute Gasteiger partial charge is 0.337 e. The Morgan fingerprint density at radius 3 is 2.61 bits per heavy atom. The van der Waals surface area contributed by atoms with Crippen molar-refractivity contribution in [1.82, 2.24) is 14.8 Å². The van der Waals surface area contributed by atoms with E-state index in [2.05, 4.69) is 53.2 Å². The number of hydrogen-bond acceptors (Lipinski definition) is 3. The van der Waals surface area contributed by atoms with Crippen LogP contribution >= 0.6 is 0 Å². The molecule has 1 aliphatic heterocycles. The summed E-state index contributed by atoms with van der Waals surface area (Å²) in [5.74, 6) is 0.106. The Balaban J connectivity index is 1.49. The summed E-state index contributed by atoms with van der Waals surface area (Å²) in [6, 6.07) is 18.8. The fourth-order valence-electron chi connectivity index (χ4n) is 3.95. The Morgan fingerprint density at radius 1 is 0.964 bits per heavy atom. The smallest absolute Gasteiger partial charge is 0.255 e. The highest BCUT2D eigenvalue weighted by Gasteiger charge is 2.22. The van der Waals surface area contributed by atoms with E-state index in [9.17, 15) is 4.79 Å². The second-order valence-corrected chi connectivity index (χ2v) is 7.72. The van der Waals surface area contributed by atoms with Crippen molar-refractivity contribution in [2.45, 2.75) is 26.8 Å². The molecule has 2 heterocycles. The van der Waals surface area contributed by atoms with Gasteiger partial charge in [0.15, 0.2) is 0 Å². The maximum absolute atomic E-state index is 13.2. The fraction of sp³-hybridized carbons (Fsp3) is 0.333. The molecule has 2 aromatic carbocycles. The molecule has 28 heavy (non-hydrogen) atoms. The van der Waals surface area contributed by atoms with Crippen molar-refractivity contribution >= 4 is 16.8 Å². The zero-order chi connectivity index (χ0) is 19.5. The molecule has 1 aliphatic rings. The molecule has 0 atom stereocenters. The summed E-state index contributed by atoms with van der Waals surface area (Å²) in [6.45, 7) is 8.43. The molecule has 0 radical (unpaired) electrons. The lowest BCUT2D eigenvalue weighted by Crippen LogP contribution is -2.35. The number of rotatable bonds is 3. The van der Waals surface area contributed by atoms with Gasteiger partial charge in [-0.2, -0.15) is 0 Å². The van der Waals surface area contributed by atoms with Crippen molar-refractivity contribution in [3.8, 4) is 0 Å². The summed E-state index contributed by atoms with van der Waals surface area (Å²) >= 11 is 0. The van der Waals surface area contributed by atoms with Crippen molar-refractivity contribution in [1.29, 1.82) is 0 Å². The molecule has 0 N–H and O–H groups in total. The molecule has 4 rings (SSSR count). The Kier molecular flexibility index (Phi) is 5.40. The predicted octanol–water partition coefficient (Wildman–Crippen LogP) is 4.20. The van der Waals surface area contributed by atoms with E-state index < -0.39 is 0 Å². The summed E-state index contributed by atoms with van der Waals surface area (Å²) in [5.41, 5.74) is 5.00. The lowest BCUT2D eigenvalue weighted by Gasteiger charge is -2.23. The quantitative estimate of drug-likeness (QED) is 0.690. The molecule has 144 valence electrons. The number of carbonyl (C=O) groups excluding carboxylic acids is 1. The number of aromatic nitrogens is 1. The summed E-state index contributed by atoms with van der Waals surface area (Å²) < 4.78 is 0. The maximum Gasteiger partial charge on any atom is 0.255 e. The number of amides is 1. The van der Waals surface area contributed by atoms with Crippen LogP contribution in [0.1, 0.15) is 33.6 Å². The van der Waals surface area contributed by atoms with E-state index >= 15 is 0 Å². The number of carbonyl (C=O) groups is 1. The highest BCUT2D eigenvalue weighted by molar-refractivity contribution is 5.98. The van der Waals surface area contributed by atoms with E-state index in [4.69, 9.17) is 0 Å². The van der Waals surface area contributed by atoms with Gasteiger partial charge in [0, 0.05) is 38.1 Å². The van der Waals surface area contributed by atoms with E-state index in [1.165, 1.54) is 11.1 Å². The van der Waals surface area contributed by atoms with Crippen LogP contribution in [0.3, 0.4) is 0 Å². The van der Waals surface area contributed by atoms with Crippen LogP contribution in [0.5, 0.6) is 0 Å². The number of nitrogens with zero attached hydrogens (tertiary/aromatic N) is 3. The second-order valence-electron chi connectivity index (χ2n) is 7.72. The average Bonchev–Trinajstić information content (AvgIpc) is 2.94. The van der Waals surface area contributed by atoms with Gasteiger partial charge in [0.25, 0.3) is 5.91 Å². The third-order valence-electron chi connectivity index (χ3n) is 5.52. The summed E-state index contributed by atoms with van der Waals surface area (Å²) in [5, 5.41) is 1.04. The fourth-order valence-corrected chi connectivity index (χ4v) is 3.95. The van der Waals surface area contributed by atoms with Gasteiger partial charge in [0.2, 0.25) is 0 Å². The van der Waals surface area contributed by atoms with Crippen LogP contribution in [-0.2, 0) is 6.54 Å². The van der Waals surface area contributed by atoms with E-state index in [0.29, 0.717) is 0 Å². The van der Waals surface area contributed by atoms with Crippen LogP contribution in [0.15, 0.2) is 54.6 Å². The number of benzene rings is 2. The number of aryl methyl sites for hydroxylation is 2. The van der Waals surface area contributed by atoms with Gasteiger partial charge in [-0.3, -0.25) is 14.7 Å². The molecule has 0 bridgehead atoms. The molecule has 3 aromatic rings. The monoisotopic (exact) mass is 373 g/mol. The van der Waals surface area contributed by atoms with E-state index in [1.54, 1.807) is 0 Å². The molecule has 4 nitrogen and oxygen atoms in total. The minimum Gasteiger partial charge on any atom is -0.337 e. The molecule has 1 saturated heterocycles. The summed E-state index contributed by atoms with van der Waals surface area (Å²) in [4.78, 5) is 22.3. The third kappa shape index (κ3) is 4.07. The van der Waals surface area contributed by atoms with Crippen LogP contribution < -0.4 is 0 Å². The van der Waals surface area contributed by atoms with Gasteiger partial charge in [-0.1, -0.05) is 42.0 Å². The Bertz CT molecular complexity index is 984. The van der Waals surface area contributed by atoms with Crippen LogP contribution in [0.25, 0.3) is 10.9 Å². The molecule has 1 fully saturated rings. The van der Waals surface area contributed by atoms with Crippen molar-refractivity contribution in [2.24, 2.45) is 0 Å². The first kappa shape index (κ1) is 18.6. The standard InChI is InChI=1S/C24H27N3O/c1-18-9-10-23-21(15-18)16-22(19(2)25-23)24(28)27-12-6-11-26(13-14-27)17-20-7-4-3-5-8-20/h3-5,7-10,15-16H,6,11-14,17H2,1-2H3. The molecule has 0 spiro atoms. The molecule has 4 heteroatoms. The van der Waals surface area contributed by atoms with Gasteiger partial charge in [-0.05, 0) is 44.0 Å². The molecule has 0 unspecified atom stereocenters. The van der Waals surface area contributed by atoms with Crippen LogP contribution in [0, 0.1) is 13.8 Å². The van der Waals surface area contributed by atoms with Crippen LogP contribution in [0.2, 0.25) is 0 Å². The Hall–Kier alpha value is -2.72. The highest BCUT2D eigenvalue weighted by Crippen LogP contribution is 2.20. The minimum atomic E-state index is 0.106. The first-order valence-electron chi connectivity index (χ1n) is 10.0. The van der Waals surface area contributed by atoms with E-state index in [1.807, 2.05) is 30.0 Å². The normalized spacial score (nSPS) is 15.6. The topological polar surface area (TPSA) is 36.4 Å². The van der Waals surface area contributed by atoms with Crippen molar-refractivity contribution in [3.63, 3.8) is 0 Å². The molecular formula is C24H27N3O. The molecule has 0 saturated carbocycles. The highest BCUT2D eigenvalue weighted by atomic mass is 16.2. The summed E-state index contributed by atoms with van der Waals surface area (Å²) in [7, 11) is 0. The molecular weight excluding hydrogens is 346 g/mol. The zero-order valence-corrected chi connectivity index (χ0v) is 16.7. The maximum atomic E-state index is 13.2. The van der Waals surface area contributed by atoms with E-state index in [0.717, 1.165) is 61.3 Å². The van der Waals surface area contributed by atoms with Gasteiger partial charge in [0.05, 0.1) is 16.8 Å². The first-order chi connectivity index (χ1) is 13.6. The van der Waals surface area contributed by atoms with Gasteiger partial charge < -0.3 is 4.90 Å². The number of fused-ring (bicyclic) bond motifs is 1. The van der Waals surface area contributed by atoms with Crippen LogP contribution in [0.4, 0.5) is 0 Å². The second kappa shape index (κ2) is 8.11. The van der Waals surface area contributed by atoms with Gasteiger partial charge in [-0.15, -0.1) is 0 Å². The SMILES string of the molecule is Cc1ccc2nc(C)c(C(=O)N3CCCN(Cc4ccccc4)CC3)cc2c1. The van der Waals surface area contributed by atoms with Crippen molar-refractivity contribution in [2.75, 3.05) is 26.2 Å². The van der Waals surface area contributed by atoms with Crippen molar-refractivity contribution < 1.29 is 4.79 Å². The Labute approximate surface area is 166 Å². The van der Waals surface area contributed by atoms with Gasteiger partial charge in [0.1, 0.15) is 0 Å². The minimum absolute atomic E-state index is 0.106. The van der Waals surface area contributed by atoms with Gasteiger partial charge >= 0.3 is 0 Å². The third-order valence-corrected chi connectivity index (χ3v) is 5.52. The molecule has 1 aromatic heterocycles. The lowest BCUT2D eigenvalue weighted by atomic mass is 10.1. The Morgan fingerprint density at radius 2 is 1.79 bits per heavy atom. The van der Waals surface area contributed by atoms with Crippen molar-refractivity contribution in [3.05, 3.63) is 77.0 Å². The average molecular weight is 374 g/mol. The van der Waals surface area contributed by atoms with Crippen LogP contribution in [-0.4, -0.2) is 46.9 Å². The first-order valence-corrected chi connectivity index (χ1v) is 10.0. The number of hydrogen-bond donors (Lipinski definition) is 0. The van der Waals surface area contributed by atoms with Gasteiger partial charge in [-0.25, -0.2) is 0 Å². The predicted molar refractivity (Wildman–Crippen MR) is 113 cm³/mol. The zero-order valence-electron chi connectivity index (χ0n) is 16.7.